The number of nitrogens with one attached hydrogen (secondary N) is 2. The molecule has 9 nitrogen and oxygen atoms in total. The molecule has 4 aromatic carbocycles. The third kappa shape index (κ3) is 10.2. The molecule has 47 heavy (non-hydrogen) atoms. The van der Waals surface area contributed by atoms with E-state index < -0.39 is 13.2 Å². The summed E-state index contributed by atoms with van der Waals surface area (Å²) in [4.78, 5) is 11.3. The Morgan fingerprint density at radius 2 is 1.19 bits per heavy atom. The van der Waals surface area contributed by atoms with Gasteiger partial charge in [-0.1, -0.05) is 66.7 Å². The van der Waals surface area contributed by atoms with Gasteiger partial charge in [0.15, 0.2) is 6.35 Å². The van der Waals surface area contributed by atoms with E-state index in [0.717, 1.165) is 0 Å². The van der Waals surface area contributed by atoms with E-state index in [1.807, 2.05) is 18.2 Å². The van der Waals surface area contributed by atoms with E-state index in [1.165, 1.54) is 28.0 Å². The van der Waals surface area contributed by atoms with Crippen molar-refractivity contribution in [2.45, 2.75) is 6.92 Å². The van der Waals surface area contributed by atoms with Crippen LogP contribution >= 0.6 is 7.26 Å². The predicted molar refractivity (Wildman–Crippen MR) is 196 cm³/mol. The molecular weight excluding hydrogens is 699 g/mol. The first-order valence-corrected chi connectivity index (χ1v) is 17.1. The average Bonchev–Trinajstić information content (AvgIpc) is 3.10. The third-order valence-electron chi connectivity index (χ3n) is 6.89. The largest absolute Gasteiger partial charge is 2.00 e. The zero-order valence-corrected chi connectivity index (χ0v) is 29.2. The number of hydrogen-bond donors (Lipinski definition) is 3. The first-order chi connectivity index (χ1) is 22.3. The normalized spacial score (nSPS) is 12.6. The van der Waals surface area contributed by atoms with E-state index in [1.54, 1.807) is 26.1 Å². The molecule has 0 atom stereocenters. The van der Waals surface area contributed by atoms with Crippen LogP contribution in [0.4, 0.5) is 0 Å². The van der Waals surface area contributed by atoms with Crippen molar-refractivity contribution in [3.05, 3.63) is 126 Å². The molecule has 0 fully saturated rings. The van der Waals surface area contributed by atoms with E-state index in [4.69, 9.17) is 30.0 Å². The molecule has 0 aromatic heterocycles. The second kappa shape index (κ2) is 19.0. The molecule has 0 aliphatic heterocycles. The summed E-state index contributed by atoms with van der Waals surface area (Å²) in [6.07, 6.45) is 0.520. The summed E-state index contributed by atoms with van der Waals surface area (Å²) < 4.78 is 6.38. The van der Waals surface area contributed by atoms with Gasteiger partial charge in [0.25, 0.3) is 0 Å². The van der Waals surface area contributed by atoms with Gasteiger partial charge in [0.2, 0.25) is 0 Å². The van der Waals surface area contributed by atoms with Gasteiger partial charge in [0.1, 0.15) is 28.9 Å². The second-order valence-corrected chi connectivity index (χ2v) is 14.1. The molecule has 245 valence electrons. The van der Waals surface area contributed by atoms with Crippen molar-refractivity contribution >= 4 is 76.2 Å². The molecule has 13 heteroatoms. The van der Waals surface area contributed by atoms with Gasteiger partial charge in [-0.2, -0.15) is 15.3 Å². The van der Waals surface area contributed by atoms with Gasteiger partial charge in [0, 0.05) is 19.2 Å². The maximum absolute atomic E-state index is 11.3. The molecule has 0 spiro atoms. The SMILES string of the molecule is CN/C([S-])=N/N=C(/C(C)=N/N=C(\[S-])NCCOC[P+](c1ccccc1)(c1ccccc1)c1ccccc1)c1ccc(C(=O)O)cc1.[Cu+2]. The van der Waals surface area contributed by atoms with Crippen LogP contribution in [0.2, 0.25) is 0 Å². The average molecular weight is 733 g/mol. The van der Waals surface area contributed by atoms with Crippen LogP contribution < -0.4 is 26.5 Å². The van der Waals surface area contributed by atoms with Crippen molar-refractivity contribution in [3.63, 3.8) is 0 Å². The van der Waals surface area contributed by atoms with Gasteiger partial charge in [-0.05, 0) is 65.8 Å². The van der Waals surface area contributed by atoms with Crippen LogP contribution in [0.3, 0.4) is 0 Å². The minimum absolute atomic E-state index is 0. The molecule has 0 bridgehead atoms. The van der Waals surface area contributed by atoms with Gasteiger partial charge in [0.05, 0.1) is 17.9 Å². The Morgan fingerprint density at radius 3 is 1.66 bits per heavy atom. The van der Waals surface area contributed by atoms with Crippen molar-refractivity contribution in [1.29, 1.82) is 0 Å². The number of nitrogens with zero attached hydrogens (tertiary/aromatic N) is 4. The molecule has 0 saturated heterocycles. The van der Waals surface area contributed by atoms with E-state index in [-0.39, 0.29) is 33.0 Å². The van der Waals surface area contributed by atoms with E-state index in [9.17, 15) is 9.90 Å². The molecule has 0 amide bonds. The van der Waals surface area contributed by atoms with Crippen LogP contribution in [-0.2, 0) is 47.1 Å². The molecule has 3 N–H and O–H groups in total. The summed E-state index contributed by atoms with van der Waals surface area (Å²) in [7, 11) is -0.466. The molecule has 0 unspecified atom stereocenters. The van der Waals surface area contributed by atoms with Crippen LogP contribution in [0.25, 0.3) is 0 Å². The molecule has 0 aliphatic rings. The fraction of sp³-hybridized carbons (Fsp3) is 0.147. The number of hydrogen-bond acceptors (Lipinski definition) is 8. The minimum atomic E-state index is -2.10. The fourth-order valence-corrected chi connectivity index (χ4v) is 8.58. The summed E-state index contributed by atoms with van der Waals surface area (Å²) in [5, 5.41) is 35.8. The standard InChI is InChI=1S/C34H35N6O3PS2.Cu/c1-25(31(38-39-33(45)35-2)26-18-20-27(21-19-26)32(41)42)37-40-34(46)36-22-23-43-24-44(28-12-6-3-7-13-28,29-14-8-4-9-15-29)30-16-10-5-11-17-30;/h3-21H,22-24H2,1-2H3,(H4-,35,36,37,38,39,40,41,42,45,46);/q;+2/p-1. The van der Waals surface area contributed by atoms with Gasteiger partial charge in [-0.15, -0.1) is 5.10 Å². The number of carbonyl (C=O) groups is 1. The zero-order valence-electron chi connectivity index (χ0n) is 25.7. The summed E-state index contributed by atoms with van der Waals surface area (Å²) in [5.41, 5.74) is 1.52. The Hall–Kier alpha value is -4.02. The molecular formula is C34H34CuN6O3PS2+. The number of aromatic carboxylic acids is 1. The van der Waals surface area contributed by atoms with Gasteiger partial charge >= 0.3 is 23.0 Å². The summed E-state index contributed by atoms with van der Waals surface area (Å²) in [6.45, 7) is 2.53. The Balaban J connectivity index is 0.00000600. The summed E-state index contributed by atoms with van der Waals surface area (Å²) >= 11 is 10.5. The molecule has 4 rings (SSSR count). The van der Waals surface area contributed by atoms with Gasteiger partial charge in [-0.25, -0.2) is 4.79 Å². The number of ether oxygens (including phenoxy) is 1. The van der Waals surface area contributed by atoms with Crippen molar-refractivity contribution in [1.82, 2.24) is 10.6 Å². The van der Waals surface area contributed by atoms with Crippen LogP contribution in [-0.4, -0.2) is 59.4 Å². The third-order valence-corrected chi connectivity index (χ3v) is 11.5. The number of benzene rings is 4. The van der Waals surface area contributed by atoms with Crippen LogP contribution in [0.1, 0.15) is 22.8 Å². The Labute approximate surface area is 297 Å². The predicted octanol–water partition coefficient (Wildman–Crippen LogP) is 4.05. The topological polar surface area (TPSA) is 120 Å². The molecule has 0 saturated carbocycles. The zero-order chi connectivity index (χ0) is 32.8. The van der Waals surface area contributed by atoms with Crippen molar-refractivity contribution in [3.8, 4) is 0 Å². The molecule has 1 radical (unpaired) electrons. The van der Waals surface area contributed by atoms with E-state index in [2.05, 4.69) is 104 Å². The first kappa shape index (κ1) is 37.4. The number of rotatable bonds is 13. The Kier molecular flexibility index (Phi) is 15.1. The quantitative estimate of drug-likeness (QED) is 0.0361. The Bertz CT molecular complexity index is 1610. The van der Waals surface area contributed by atoms with Crippen LogP contribution in [0.5, 0.6) is 0 Å². The summed E-state index contributed by atoms with van der Waals surface area (Å²) in [6, 6.07) is 37.8. The fourth-order valence-electron chi connectivity index (χ4n) is 4.61. The summed E-state index contributed by atoms with van der Waals surface area (Å²) in [5.74, 6) is -1.03. The van der Waals surface area contributed by atoms with E-state index >= 15 is 0 Å². The maximum atomic E-state index is 11.3. The van der Waals surface area contributed by atoms with Crippen molar-refractivity contribution in [2.24, 2.45) is 20.4 Å². The van der Waals surface area contributed by atoms with Crippen molar-refractivity contribution < 1.29 is 31.7 Å². The van der Waals surface area contributed by atoms with Gasteiger partial charge in [-0.3, -0.25) is 0 Å². The van der Waals surface area contributed by atoms with E-state index in [0.29, 0.717) is 36.5 Å². The maximum Gasteiger partial charge on any atom is 2.00 e. The monoisotopic (exact) mass is 732 g/mol. The Morgan fingerprint density at radius 1 is 0.723 bits per heavy atom. The number of carboxylic acid groups (broad SMARTS) is 1. The molecule has 4 aromatic rings. The van der Waals surface area contributed by atoms with Crippen LogP contribution in [0, 0.1) is 0 Å². The smallest absolute Gasteiger partial charge is 0.741 e. The molecule has 0 heterocycles. The van der Waals surface area contributed by atoms with Crippen molar-refractivity contribution in [2.75, 3.05) is 26.5 Å². The second-order valence-electron chi connectivity index (χ2n) is 9.86. The van der Waals surface area contributed by atoms with Gasteiger partial charge < -0.3 is 45.7 Å². The van der Waals surface area contributed by atoms with Crippen LogP contribution in [0.15, 0.2) is 136 Å². The number of amidine groups is 2. The number of carboxylic acids is 1. The molecule has 0 aliphatic carbocycles. The first-order valence-electron chi connectivity index (χ1n) is 14.4. The minimum Gasteiger partial charge on any atom is -0.741 e.